The summed E-state index contributed by atoms with van der Waals surface area (Å²) in [7, 11) is 0. The Kier molecular flexibility index (Phi) is 7.36. The van der Waals surface area contributed by atoms with Gasteiger partial charge in [0.2, 0.25) is 5.91 Å². The monoisotopic (exact) mass is 358 g/mol. The van der Waals surface area contributed by atoms with Gasteiger partial charge in [-0.15, -0.1) is 0 Å². The van der Waals surface area contributed by atoms with Crippen LogP contribution in [0.25, 0.3) is 0 Å². The van der Waals surface area contributed by atoms with Crippen molar-refractivity contribution in [2.75, 3.05) is 26.2 Å². The molecule has 1 heterocycles. The summed E-state index contributed by atoms with van der Waals surface area (Å²) < 4.78 is 6.08. The first-order chi connectivity index (χ1) is 12.7. The van der Waals surface area contributed by atoms with Gasteiger partial charge in [-0.1, -0.05) is 19.1 Å². The van der Waals surface area contributed by atoms with Crippen LogP contribution in [-0.2, 0) is 11.2 Å². The molecule has 1 saturated carbocycles. The maximum Gasteiger partial charge on any atom is 0.222 e. The molecular formula is C22H34N2O2. The van der Waals surface area contributed by atoms with Crippen LogP contribution in [-0.4, -0.2) is 43.1 Å². The van der Waals surface area contributed by atoms with Crippen LogP contribution in [0.1, 0.15) is 57.4 Å². The SMILES string of the molecule is CCNCC1CCN(C(=O)CCc2cccc(OC3CCCC3)c2)CC1. The van der Waals surface area contributed by atoms with Crippen molar-refractivity contribution >= 4 is 5.91 Å². The molecule has 1 aromatic rings. The van der Waals surface area contributed by atoms with Gasteiger partial charge >= 0.3 is 0 Å². The number of rotatable bonds is 8. The highest BCUT2D eigenvalue weighted by Crippen LogP contribution is 2.25. The van der Waals surface area contributed by atoms with E-state index in [0.29, 0.717) is 18.4 Å². The molecule has 1 aromatic carbocycles. The van der Waals surface area contributed by atoms with Gasteiger partial charge in [0.25, 0.3) is 0 Å². The second-order valence-electron chi connectivity index (χ2n) is 7.80. The summed E-state index contributed by atoms with van der Waals surface area (Å²) in [5, 5.41) is 3.42. The highest BCUT2D eigenvalue weighted by Gasteiger charge is 2.22. The van der Waals surface area contributed by atoms with E-state index >= 15 is 0 Å². The summed E-state index contributed by atoms with van der Waals surface area (Å²) >= 11 is 0. The molecule has 1 N–H and O–H groups in total. The molecule has 0 spiro atoms. The quantitative estimate of drug-likeness (QED) is 0.769. The fraction of sp³-hybridized carbons (Fsp3) is 0.682. The van der Waals surface area contributed by atoms with E-state index in [1.807, 2.05) is 6.07 Å². The molecule has 0 radical (unpaired) electrons. The number of carbonyl (C=O) groups excluding carboxylic acids is 1. The molecule has 2 aliphatic rings. The Morgan fingerprint density at radius 1 is 1.19 bits per heavy atom. The van der Waals surface area contributed by atoms with Crippen LogP contribution in [0.15, 0.2) is 24.3 Å². The first-order valence-corrected chi connectivity index (χ1v) is 10.5. The van der Waals surface area contributed by atoms with E-state index in [0.717, 1.165) is 57.1 Å². The molecule has 4 heteroatoms. The average molecular weight is 359 g/mol. The number of carbonyl (C=O) groups is 1. The lowest BCUT2D eigenvalue weighted by molar-refractivity contribution is -0.132. The van der Waals surface area contributed by atoms with Gasteiger partial charge in [-0.3, -0.25) is 4.79 Å². The van der Waals surface area contributed by atoms with E-state index in [9.17, 15) is 4.79 Å². The zero-order chi connectivity index (χ0) is 18.2. The number of benzene rings is 1. The third-order valence-corrected chi connectivity index (χ3v) is 5.78. The number of nitrogens with one attached hydrogen (secondary N) is 1. The molecule has 0 bridgehead atoms. The first kappa shape index (κ1) is 19.2. The number of nitrogens with zero attached hydrogens (tertiary/aromatic N) is 1. The highest BCUT2D eigenvalue weighted by atomic mass is 16.5. The number of ether oxygens (including phenoxy) is 1. The molecule has 1 aliphatic carbocycles. The third-order valence-electron chi connectivity index (χ3n) is 5.78. The van der Waals surface area contributed by atoms with Gasteiger partial charge in [-0.2, -0.15) is 0 Å². The Bertz CT molecular complexity index is 561. The van der Waals surface area contributed by atoms with Crippen LogP contribution in [0.3, 0.4) is 0 Å². The van der Waals surface area contributed by atoms with E-state index in [1.165, 1.54) is 31.2 Å². The van der Waals surface area contributed by atoms with E-state index in [2.05, 4.69) is 35.3 Å². The minimum atomic E-state index is 0.300. The molecule has 2 fully saturated rings. The predicted octanol–water partition coefficient (Wildman–Crippen LogP) is 3.79. The third kappa shape index (κ3) is 5.73. The first-order valence-electron chi connectivity index (χ1n) is 10.5. The van der Waals surface area contributed by atoms with E-state index < -0.39 is 0 Å². The van der Waals surface area contributed by atoms with Gasteiger partial charge in [-0.25, -0.2) is 0 Å². The Labute approximate surface area is 158 Å². The lowest BCUT2D eigenvalue weighted by atomic mass is 9.96. The smallest absolute Gasteiger partial charge is 0.222 e. The van der Waals surface area contributed by atoms with Crippen molar-refractivity contribution in [3.8, 4) is 5.75 Å². The van der Waals surface area contributed by atoms with Crippen LogP contribution < -0.4 is 10.1 Å². The Hall–Kier alpha value is -1.55. The fourth-order valence-corrected chi connectivity index (χ4v) is 4.12. The summed E-state index contributed by atoms with van der Waals surface area (Å²) in [6.07, 6.45) is 8.96. The Morgan fingerprint density at radius 2 is 1.96 bits per heavy atom. The van der Waals surface area contributed by atoms with Crippen molar-refractivity contribution < 1.29 is 9.53 Å². The molecule has 26 heavy (non-hydrogen) atoms. The van der Waals surface area contributed by atoms with Crippen molar-refractivity contribution in [2.45, 2.75) is 64.4 Å². The number of amides is 1. The lowest BCUT2D eigenvalue weighted by Crippen LogP contribution is -2.40. The molecule has 0 aromatic heterocycles. The summed E-state index contributed by atoms with van der Waals surface area (Å²) in [6.45, 7) is 6.10. The van der Waals surface area contributed by atoms with Gasteiger partial charge < -0.3 is 15.0 Å². The second kappa shape index (κ2) is 9.96. The molecule has 3 rings (SSSR count). The number of likely N-dealkylation sites (tertiary alicyclic amines) is 1. The maximum absolute atomic E-state index is 12.5. The molecule has 4 nitrogen and oxygen atoms in total. The summed E-state index contributed by atoms with van der Waals surface area (Å²) in [6, 6.07) is 8.32. The Balaban J connectivity index is 1.41. The zero-order valence-electron chi connectivity index (χ0n) is 16.2. The average Bonchev–Trinajstić information content (AvgIpc) is 3.18. The van der Waals surface area contributed by atoms with Gasteiger partial charge in [0.15, 0.2) is 0 Å². The minimum Gasteiger partial charge on any atom is -0.490 e. The van der Waals surface area contributed by atoms with Crippen LogP contribution in [0.2, 0.25) is 0 Å². The maximum atomic E-state index is 12.5. The number of piperidine rings is 1. The predicted molar refractivity (Wildman–Crippen MR) is 105 cm³/mol. The van der Waals surface area contributed by atoms with Crippen LogP contribution in [0, 0.1) is 5.92 Å². The van der Waals surface area contributed by atoms with E-state index in [-0.39, 0.29) is 0 Å². The molecule has 1 aliphatic heterocycles. The Morgan fingerprint density at radius 3 is 2.69 bits per heavy atom. The second-order valence-corrected chi connectivity index (χ2v) is 7.80. The molecule has 0 unspecified atom stereocenters. The number of hydrogen-bond donors (Lipinski definition) is 1. The lowest BCUT2D eigenvalue weighted by Gasteiger charge is -2.32. The molecule has 144 valence electrons. The highest BCUT2D eigenvalue weighted by molar-refractivity contribution is 5.76. The van der Waals surface area contributed by atoms with Crippen LogP contribution in [0.5, 0.6) is 5.75 Å². The van der Waals surface area contributed by atoms with Gasteiger partial charge in [0, 0.05) is 19.5 Å². The summed E-state index contributed by atoms with van der Waals surface area (Å²) in [5.41, 5.74) is 1.20. The standard InChI is InChI=1S/C22H34N2O2/c1-2-23-17-19-12-14-24(15-13-19)22(25)11-10-18-6-5-9-21(16-18)26-20-7-3-4-8-20/h5-6,9,16,19-20,23H,2-4,7-8,10-15,17H2,1H3. The van der Waals surface area contributed by atoms with Crippen molar-refractivity contribution in [1.29, 1.82) is 0 Å². The molecular weight excluding hydrogens is 324 g/mol. The van der Waals surface area contributed by atoms with E-state index in [4.69, 9.17) is 4.74 Å². The van der Waals surface area contributed by atoms with E-state index in [1.54, 1.807) is 0 Å². The number of hydrogen-bond acceptors (Lipinski definition) is 3. The van der Waals surface area contributed by atoms with Crippen LogP contribution >= 0.6 is 0 Å². The largest absolute Gasteiger partial charge is 0.490 e. The summed E-state index contributed by atoms with van der Waals surface area (Å²) in [4.78, 5) is 14.6. The molecule has 1 amide bonds. The molecule has 0 atom stereocenters. The van der Waals surface area contributed by atoms with Gasteiger partial charge in [0.1, 0.15) is 5.75 Å². The van der Waals surface area contributed by atoms with Crippen molar-refractivity contribution in [1.82, 2.24) is 10.2 Å². The zero-order valence-corrected chi connectivity index (χ0v) is 16.2. The van der Waals surface area contributed by atoms with Crippen molar-refractivity contribution in [2.24, 2.45) is 5.92 Å². The molecule has 1 saturated heterocycles. The number of aryl methyl sites for hydroxylation is 1. The van der Waals surface area contributed by atoms with Gasteiger partial charge in [0.05, 0.1) is 6.10 Å². The fourth-order valence-electron chi connectivity index (χ4n) is 4.12. The summed E-state index contributed by atoms with van der Waals surface area (Å²) in [5.74, 6) is 1.99. The van der Waals surface area contributed by atoms with Crippen molar-refractivity contribution in [3.63, 3.8) is 0 Å². The van der Waals surface area contributed by atoms with Gasteiger partial charge in [-0.05, 0) is 81.6 Å². The van der Waals surface area contributed by atoms with Crippen LogP contribution in [0.4, 0.5) is 0 Å². The topological polar surface area (TPSA) is 41.6 Å². The van der Waals surface area contributed by atoms with Crippen molar-refractivity contribution in [3.05, 3.63) is 29.8 Å². The minimum absolute atomic E-state index is 0.300. The normalized spacial score (nSPS) is 19.0.